The molecule has 0 aliphatic carbocycles. The average molecular weight is 248 g/mol. The predicted molar refractivity (Wildman–Crippen MR) is 58.5 cm³/mol. The highest BCUT2D eigenvalue weighted by atomic mass is 16.7. The number of ether oxygens (including phenoxy) is 5. The second-order valence-electron chi connectivity index (χ2n) is 3.92. The molecule has 0 saturated carbocycles. The first kappa shape index (κ1) is 14.4. The highest BCUT2D eigenvalue weighted by Crippen LogP contribution is 2.27. The van der Waals surface area contributed by atoms with E-state index in [9.17, 15) is 4.79 Å². The Hall–Kier alpha value is -0.690. The maximum atomic E-state index is 11.0. The summed E-state index contributed by atoms with van der Waals surface area (Å²) < 4.78 is 26.6. The van der Waals surface area contributed by atoms with E-state index in [-0.39, 0.29) is 18.3 Å². The molecule has 1 fully saturated rings. The Morgan fingerprint density at radius 2 is 1.53 bits per heavy atom. The van der Waals surface area contributed by atoms with Crippen molar-refractivity contribution in [1.29, 1.82) is 0 Å². The smallest absolute Gasteiger partial charge is 0.305 e. The lowest BCUT2D eigenvalue weighted by atomic mass is 9.99. The van der Waals surface area contributed by atoms with Crippen molar-refractivity contribution in [3.8, 4) is 0 Å². The van der Waals surface area contributed by atoms with Crippen molar-refractivity contribution in [3.05, 3.63) is 0 Å². The molecular formula is C11H20O6. The summed E-state index contributed by atoms with van der Waals surface area (Å²) in [6, 6.07) is 0. The largest absolute Gasteiger partial charge is 0.433 e. The van der Waals surface area contributed by atoms with Crippen LogP contribution in [0.1, 0.15) is 13.8 Å². The van der Waals surface area contributed by atoms with Crippen LogP contribution in [-0.2, 0) is 28.5 Å². The fourth-order valence-corrected chi connectivity index (χ4v) is 2.07. The Kier molecular flexibility index (Phi) is 5.32. The van der Waals surface area contributed by atoms with Gasteiger partial charge >= 0.3 is 5.97 Å². The third kappa shape index (κ3) is 3.16. The molecule has 1 heterocycles. The minimum absolute atomic E-state index is 0.249. The molecule has 0 N–H and O–H groups in total. The van der Waals surface area contributed by atoms with Crippen LogP contribution in [0, 0.1) is 0 Å². The average Bonchev–Trinajstić information content (AvgIpc) is 2.27. The first-order valence-corrected chi connectivity index (χ1v) is 5.46. The summed E-state index contributed by atoms with van der Waals surface area (Å²) in [5.41, 5.74) is 0. The van der Waals surface area contributed by atoms with Gasteiger partial charge < -0.3 is 23.7 Å². The van der Waals surface area contributed by atoms with Crippen molar-refractivity contribution < 1.29 is 28.5 Å². The third-order valence-electron chi connectivity index (χ3n) is 2.83. The van der Waals surface area contributed by atoms with Gasteiger partial charge in [-0.05, 0) is 6.92 Å². The highest BCUT2D eigenvalue weighted by Gasteiger charge is 2.46. The number of esters is 1. The van der Waals surface area contributed by atoms with Gasteiger partial charge in [-0.25, -0.2) is 0 Å². The molecule has 0 bridgehead atoms. The summed E-state index contributed by atoms with van der Waals surface area (Å²) in [6.45, 7) is 3.16. The summed E-state index contributed by atoms with van der Waals surface area (Å²) in [4.78, 5) is 11.0. The fraction of sp³-hybridized carbons (Fsp3) is 0.909. The Bertz CT molecular complexity index is 256. The van der Waals surface area contributed by atoms with Crippen LogP contribution in [0.15, 0.2) is 0 Å². The van der Waals surface area contributed by atoms with E-state index in [0.29, 0.717) is 0 Å². The molecule has 1 saturated heterocycles. The number of carbonyl (C=O) groups excluding carboxylic acids is 1. The van der Waals surface area contributed by atoms with Crippen LogP contribution in [0.2, 0.25) is 0 Å². The highest BCUT2D eigenvalue weighted by molar-refractivity contribution is 5.66. The SMILES string of the molecule is CO[C@H]1[C@@H](OC)[C@@H](OC(C)=O)O[C@@H](C)[C@H]1OC. The van der Waals surface area contributed by atoms with E-state index >= 15 is 0 Å². The first-order valence-electron chi connectivity index (χ1n) is 5.46. The van der Waals surface area contributed by atoms with Gasteiger partial charge in [0.05, 0.1) is 6.10 Å². The molecule has 1 aliphatic rings. The quantitative estimate of drug-likeness (QED) is 0.668. The summed E-state index contributed by atoms with van der Waals surface area (Å²) in [5, 5.41) is 0. The number of methoxy groups -OCH3 is 3. The van der Waals surface area contributed by atoms with E-state index in [1.165, 1.54) is 14.0 Å². The molecule has 0 spiro atoms. The van der Waals surface area contributed by atoms with Crippen molar-refractivity contribution >= 4 is 5.97 Å². The summed E-state index contributed by atoms with van der Waals surface area (Å²) in [6.07, 6.45) is -2.15. The maximum Gasteiger partial charge on any atom is 0.305 e. The van der Waals surface area contributed by atoms with Crippen LogP contribution in [0.3, 0.4) is 0 Å². The van der Waals surface area contributed by atoms with Crippen molar-refractivity contribution in [1.82, 2.24) is 0 Å². The Labute approximate surface area is 101 Å². The van der Waals surface area contributed by atoms with Gasteiger partial charge in [-0.3, -0.25) is 4.79 Å². The van der Waals surface area contributed by atoms with Gasteiger partial charge in [0.2, 0.25) is 6.29 Å². The molecule has 100 valence electrons. The summed E-state index contributed by atoms with van der Waals surface area (Å²) in [7, 11) is 4.65. The van der Waals surface area contributed by atoms with Gasteiger partial charge in [0.25, 0.3) is 0 Å². The van der Waals surface area contributed by atoms with Gasteiger partial charge in [0.15, 0.2) is 0 Å². The third-order valence-corrected chi connectivity index (χ3v) is 2.83. The van der Waals surface area contributed by atoms with Crippen LogP contribution in [0.5, 0.6) is 0 Å². The molecular weight excluding hydrogens is 228 g/mol. The molecule has 0 radical (unpaired) electrons. The minimum Gasteiger partial charge on any atom is -0.433 e. The Morgan fingerprint density at radius 3 is 1.94 bits per heavy atom. The van der Waals surface area contributed by atoms with Gasteiger partial charge in [0, 0.05) is 28.3 Å². The zero-order valence-corrected chi connectivity index (χ0v) is 10.8. The van der Waals surface area contributed by atoms with Crippen LogP contribution in [0.4, 0.5) is 0 Å². The van der Waals surface area contributed by atoms with Crippen molar-refractivity contribution in [2.45, 2.75) is 44.6 Å². The lowest BCUT2D eigenvalue weighted by molar-refractivity contribution is -0.296. The normalized spacial score (nSPS) is 37.8. The second kappa shape index (κ2) is 6.30. The predicted octanol–water partition coefficient (Wildman–Crippen LogP) is 0.339. The molecule has 1 aliphatic heterocycles. The first-order chi connectivity index (χ1) is 8.04. The number of hydrogen-bond donors (Lipinski definition) is 0. The van der Waals surface area contributed by atoms with E-state index in [1.54, 1.807) is 14.2 Å². The van der Waals surface area contributed by atoms with Gasteiger partial charge in [0.1, 0.15) is 18.3 Å². The van der Waals surface area contributed by atoms with E-state index in [1.807, 2.05) is 6.92 Å². The van der Waals surface area contributed by atoms with Gasteiger partial charge in [-0.15, -0.1) is 0 Å². The van der Waals surface area contributed by atoms with Crippen molar-refractivity contribution in [2.75, 3.05) is 21.3 Å². The van der Waals surface area contributed by atoms with E-state index in [2.05, 4.69) is 0 Å². The molecule has 0 unspecified atom stereocenters. The minimum atomic E-state index is -0.774. The number of rotatable bonds is 4. The second-order valence-corrected chi connectivity index (χ2v) is 3.92. The zero-order valence-electron chi connectivity index (χ0n) is 10.8. The van der Waals surface area contributed by atoms with E-state index in [0.717, 1.165) is 0 Å². The number of carbonyl (C=O) groups is 1. The van der Waals surface area contributed by atoms with Gasteiger partial charge in [-0.2, -0.15) is 0 Å². The molecule has 6 nitrogen and oxygen atoms in total. The Morgan fingerprint density at radius 1 is 1.00 bits per heavy atom. The molecule has 0 aromatic carbocycles. The fourth-order valence-electron chi connectivity index (χ4n) is 2.07. The van der Waals surface area contributed by atoms with Crippen molar-refractivity contribution in [3.63, 3.8) is 0 Å². The molecule has 6 heteroatoms. The maximum absolute atomic E-state index is 11.0. The number of hydrogen-bond acceptors (Lipinski definition) is 6. The van der Waals surface area contributed by atoms with Crippen LogP contribution in [-0.4, -0.2) is 58.0 Å². The molecule has 0 aromatic rings. The van der Waals surface area contributed by atoms with Crippen LogP contribution >= 0.6 is 0 Å². The van der Waals surface area contributed by atoms with E-state index in [4.69, 9.17) is 23.7 Å². The summed E-state index contributed by atoms with van der Waals surface area (Å²) >= 11 is 0. The van der Waals surface area contributed by atoms with Crippen LogP contribution < -0.4 is 0 Å². The lowest BCUT2D eigenvalue weighted by Gasteiger charge is -2.43. The lowest BCUT2D eigenvalue weighted by Crippen LogP contribution is -2.59. The zero-order chi connectivity index (χ0) is 13.0. The topological polar surface area (TPSA) is 63.2 Å². The van der Waals surface area contributed by atoms with Crippen LogP contribution in [0.25, 0.3) is 0 Å². The molecule has 1 rings (SSSR count). The monoisotopic (exact) mass is 248 g/mol. The van der Waals surface area contributed by atoms with Crippen molar-refractivity contribution in [2.24, 2.45) is 0 Å². The molecule has 17 heavy (non-hydrogen) atoms. The van der Waals surface area contributed by atoms with Gasteiger partial charge in [-0.1, -0.05) is 0 Å². The van der Waals surface area contributed by atoms with E-state index < -0.39 is 18.4 Å². The molecule has 5 atom stereocenters. The standard InChI is InChI=1S/C11H20O6/c1-6-8(13-3)9(14-4)10(15-5)11(16-6)17-7(2)12/h6,8-11H,1-5H3/t6-,8+,9+,10+,11+/m0/s1. The summed E-state index contributed by atoms with van der Waals surface area (Å²) in [5.74, 6) is -0.421. The molecule has 0 aromatic heterocycles. The molecule has 0 amide bonds. The Balaban J connectivity index is 2.84.